The van der Waals surface area contributed by atoms with Crippen molar-refractivity contribution in [1.82, 2.24) is 5.48 Å². The lowest BCUT2D eigenvalue weighted by molar-refractivity contribution is -0.129. The zero-order valence-corrected chi connectivity index (χ0v) is 13.7. The van der Waals surface area contributed by atoms with E-state index in [4.69, 9.17) is 5.21 Å². The first-order valence-corrected chi connectivity index (χ1v) is 7.95. The quantitative estimate of drug-likeness (QED) is 0.547. The van der Waals surface area contributed by atoms with Crippen LogP contribution >= 0.6 is 0 Å². The minimum absolute atomic E-state index is 0.262. The van der Waals surface area contributed by atoms with Gasteiger partial charge in [0.15, 0.2) is 0 Å². The van der Waals surface area contributed by atoms with Gasteiger partial charge >= 0.3 is 0 Å². The number of hydroxylamine groups is 1. The van der Waals surface area contributed by atoms with E-state index in [1.807, 2.05) is 61.5 Å². The molecule has 1 atom stereocenters. The number of hydrogen-bond acceptors (Lipinski definition) is 2. The Bertz CT molecular complexity index is 876. The number of carbonyl (C=O) groups is 1. The molecule has 3 nitrogen and oxygen atoms in total. The van der Waals surface area contributed by atoms with Gasteiger partial charge in [-0.25, -0.2) is 9.87 Å². The summed E-state index contributed by atoms with van der Waals surface area (Å²) in [6.07, 6.45) is 0. The summed E-state index contributed by atoms with van der Waals surface area (Å²) in [5, 5.41) is 9.09. The minimum atomic E-state index is -0.602. The Hall–Kier alpha value is -2.98. The molecular weight excluding hydrogens is 317 g/mol. The van der Waals surface area contributed by atoms with E-state index in [0.717, 1.165) is 27.8 Å². The summed E-state index contributed by atoms with van der Waals surface area (Å²) in [4.78, 5) is 12.2. The molecule has 0 saturated heterocycles. The summed E-state index contributed by atoms with van der Waals surface area (Å²) >= 11 is 0. The average Bonchev–Trinajstić information content (AvgIpc) is 2.63. The lowest BCUT2D eigenvalue weighted by atomic mass is 9.89. The van der Waals surface area contributed by atoms with Crippen LogP contribution in [-0.4, -0.2) is 11.1 Å². The molecule has 25 heavy (non-hydrogen) atoms. The van der Waals surface area contributed by atoms with Gasteiger partial charge in [0.05, 0.1) is 5.92 Å². The van der Waals surface area contributed by atoms with Crippen LogP contribution < -0.4 is 5.48 Å². The fraction of sp³-hybridized carbons (Fsp3) is 0.0952. The Labute approximate surface area is 145 Å². The first kappa shape index (κ1) is 16.9. The largest absolute Gasteiger partial charge is 0.289 e. The Morgan fingerprint density at radius 1 is 0.960 bits per heavy atom. The Morgan fingerprint density at radius 2 is 1.60 bits per heavy atom. The van der Waals surface area contributed by atoms with Crippen LogP contribution in [-0.2, 0) is 4.79 Å². The summed E-state index contributed by atoms with van der Waals surface area (Å²) in [5.41, 5.74) is 6.03. The normalized spacial score (nSPS) is 11.8. The molecule has 0 bridgehead atoms. The van der Waals surface area contributed by atoms with Crippen LogP contribution in [0.2, 0.25) is 0 Å². The summed E-state index contributed by atoms with van der Waals surface area (Å²) in [5.74, 6) is -1.35. The van der Waals surface area contributed by atoms with Gasteiger partial charge in [0.2, 0.25) is 0 Å². The molecule has 1 unspecified atom stereocenters. The van der Waals surface area contributed by atoms with Crippen molar-refractivity contribution in [3.8, 4) is 11.1 Å². The van der Waals surface area contributed by atoms with Gasteiger partial charge in [-0.1, -0.05) is 60.7 Å². The summed E-state index contributed by atoms with van der Waals surface area (Å²) in [7, 11) is 0. The van der Waals surface area contributed by atoms with Gasteiger partial charge in [0.25, 0.3) is 5.91 Å². The summed E-state index contributed by atoms with van der Waals surface area (Å²) in [6, 6.07) is 21.4. The number of nitrogens with one attached hydrogen (secondary N) is 1. The number of benzene rings is 3. The first-order chi connectivity index (χ1) is 12.1. The summed E-state index contributed by atoms with van der Waals surface area (Å²) < 4.78 is 13.3. The highest BCUT2D eigenvalue weighted by molar-refractivity contribution is 5.86. The van der Waals surface area contributed by atoms with Gasteiger partial charge in [-0.2, -0.15) is 0 Å². The van der Waals surface area contributed by atoms with E-state index in [-0.39, 0.29) is 5.82 Å². The second kappa shape index (κ2) is 7.28. The molecule has 0 saturated carbocycles. The molecule has 0 radical (unpaired) electrons. The van der Waals surface area contributed by atoms with E-state index < -0.39 is 11.8 Å². The maximum atomic E-state index is 13.3. The van der Waals surface area contributed by atoms with Crippen LogP contribution in [0.15, 0.2) is 72.8 Å². The molecule has 3 aromatic carbocycles. The smallest absolute Gasteiger partial charge is 0.255 e. The Kier molecular flexibility index (Phi) is 4.91. The summed E-state index contributed by atoms with van der Waals surface area (Å²) in [6.45, 7) is 1.86. The van der Waals surface area contributed by atoms with Gasteiger partial charge in [-0.15, -0.1) is 0 Å². The topological polar surface area (TPSA) is 49.3 Å². The van der Waals surface area contributed by atoms with Crippen molar-refractivity contribution in [3.63, 3.8) is 0 Å². The maximum Gasteiger partial charge on any atom is 0.255 e. The van der Waals surface area contributed by atoms with Crippen LogP contribution in [0.4, 0.5) is 4.39 Å². The van der Waals surface area contributed by atoms with Crippen molar-refractivity contribution in [3.05, 3.63) is 95.3 Å². The molecule has 3 aromatic rings. The SMILES string of the molecule is Cc1cc(F)ccc1-c1ccc(C(C(=O)NO)c2ccccc2)cc1. The number of rotatable bonds is 4. The van der Waals surface area contributed by atoms with E-state index in [2.05, 4.69) is 0 Å². The predicted molar refractivity (Wildman–Crippen MR) is 94.8 cm³/mol. The highest BCUT2D eigenvalue weighted by Gasteiger charge is 2.22. The standard InChI is InChI=1S/C21H18FNO2/c1-14-13-18(22)11-12-19(14)15-7-9-17(10-8-15)20(21(24)23-25)16-5-3-2-4-6-16/h2-13,20,25H,1H3,(H,23,24). The van der Waals surface area contributed by atoms with Crippen molar-refractivity contribution in [2.75, 3.05) is 0 Å². The molecule has 4 heteroatoms. The monoisotopic (exact) mass is 335 g/mol. The van der Waals surface area contributed by atoms with Gasteiger partial charge in [-0.3, -0.25) is 10.0 Å². The van der Waals surface area contributed by atoms with Crippen LogP contribution in [0.1, 0.15) is 22.6 Å². The predicted octanol–water partition coefficient (Wildman–Crippen LogP) is 4.44. The van der Waals surface area contributed by atoms with Crippen LogP contribution in [0.3, 0.4) is 0 Å². The molecule has 0 fully saturated rings. The van der Waals surface area contributed by atoms with E-state index in [1.165, 1.54) is 12.1 Å². The molecule has 1 amide bonds. The zero-order chi connectivity index (χ0) is 17.8. The number of hydrogen-bond donors (Lipinski definition) is 2. The molecule has 2 N–H and O–H groups in total. The third-order valence-corrected chi connectivity index (χ3v) is 4.25. The molecule has 0 aromatic heterocycles. The zero-order valence-electron chi connectivity index (χ0n) is 13.7. The van der Waals surface area contributed by atoms with E-state index in [9.17, 15) is 9.18 Å². The molecule has 0 spiro atoms. The van der Waals surface area contributed by atoms with Gasteiger partial charge in [0.1, 0.15) is 5.82 Å². The number of aryl methyl sites for hydroxylation is 1. The fourth-order valence-corrected chi connectivity index (χ4v) is 3.01. The highest BCUT2D eigenvalue weighted by Crippen LogP contribution is 2.29. The Morgan fingerprint density at radius 3 is 2.20 bits per heavy atom. The van der Waals surface area contributed by atoms with Crippen molar-refractivity contribution >= 4 is 5.91 Å². The van der Waals surface area contributed by atoms with Crippen molar-refractivity contribution in [2.45, 2.75) is 12.8 Å². The molecule has 0 heterocycles. The fourth-order valence-electron chi connectivity index (χ4n) is 3.01. The number of halogens is 1. The lowest BCUT2D eigenvalue weighted by Crippen LogP contribution is -2.27. The highest BCUT2D eigenvalue weighted by atomic mass is 19.1. The van der Waals surface area contributed by atoms with Gasteiger partial charge in [0, 0.05) is 0 Å². The van der Waals surface area contributed by atoms with Crippen molar-refractivity contribution in [2.24, 2.45) is 0 Å². The average molecular weight is 335 g/mol. The second-order valence-electron chi connectivity index (χ2n) is 5.90. The van der Waals surface area contributed by atoms with Gasteiger partial charge < -0.3 is 0 Å². The van der Waals surface area contributed by atoms with E-state index in [0.29, 0.717) is 0 Å². The third-order valence-electron chi connectivity index (χ3n) is 4.25. The lowest BCUT2D eigenvalue weighted by Gasteiger charge is -2.16. The molecule has 3 rings (SSSR count). The van der Waals surface area contributed by atoms with Crippen LogP contribution in [0, 0.1) is 12.7 Å². The molecule has 126 valence electrons. The van der Waals surface area contributed by atoms with Gasteiger partial charge in [-0.05, 0) is 46.9 Å². The number of carbonyl (C=O) groups excluding carboxylic acids is 1. The molecule has 0 aliphatic carbocycles. The molecule has 0 aliphatic heterocycles. The van der Waals surface area contributed by atoms with Crippen molar-refractivity contribution < 1.29 is 14.4 Å². The van der Waals surface area contributed by atoms with Crippen LogP contribution in [0.5, 0.6) is 0 Å². The minimum Gasteiger partial charge on any atom is -0.289 e. The van der Waals surface area contributed by atoms with E-state index >= 15 is 0 Å². The second-order valence-corrected chi connectivity index (χ2v) is 5.90. The number of amides is 1. The van der Waals surface area contributed by atoms with Crippen molar-refractivity contribution in [1.29, 1.82) is 0 Å². The Balaban J connectivity index is 1.98. The first-order valence-electron chi connectivity index (χ1n) is 7.95. The third kappa shape index (κ3) is 3.59. The maximum absolute atomic E-state index is 13.3. The molecule has 0 aliphatic rings. The molecular formula is C21H18FNO2. The van der Waals surface area contributed by atoms with E-state index in [1.54, 1.807) is 11.5 Å². The van der Waals surface area contributed by atoms with Crippen LogP contribution in [0.25, 0.3) is 11.1 Å².